The summed E-state index contributed by atoms with van der Waals surface area (Å²) >= 11 is 0. The van der Waals surface area contributed by atoms with E-state index in [0.717, 1.165) is 18.8 Å². The average Bonchev–Trinajstić information content (AvgIpc) is 2.65. The van der Waals surface area contributed by atoms with E-state index in [-0.39, 0.29) is 12.5 Å². The highest BCUT2D eigenvalue weighted by molar-refractivity contribution is 5.67. The third-order valence-electron chi connectivity index (χ3n) is 3.63. The predicted molar refractivity (Wildman–Crippen MR) is 60.6 cm³/mol. The highest BCUT2D eigenvalue weighted by Gasteiger charge is 2.21. The van der Waals surface area contributed by atoms with Crippen molar-refractivity contribution < 1.29 is 9.90 Å². The van der Waals surface area contributed by atoms with Gasteiger partial charge in [-0.1, -0.05) is 32.6 Å². The number of nitrogens with two attached hydrogens (primary N) is 1. The quantitative estimate of drug-likeness (QED) is 0.712. The first-order valence-corrected chi connectivity index (χ1v) is 6.07. The van der Waals surface area contributed by atoms with E-state index in [4.69, 9.17) is 10.8 Å². The Morgan fingerprint density at radius 1 is 1.40 bits per heavy atom. The van der Waals surface area contributed by atoms with Crippen molar-refractivity contribution in [1.29, 1.82) is 0 Å². The Morgan fingerprint density at radius 2 is 2.00 bits per heavy atom. The number of carboxylic acids is 1. The molecule has 0 bridgehead atoms. The van der Waals surface area contributed by atoms with Gasteiger partial charge in [0.1, 0.15) is 0 Å². The van der Waals surface area contributed by atoms with Crippen molar-refractivity contribution in [2.75, 3.05) is 0 Å². The van der Waals surface area contributed by atoms with Crippen LogP contribution in [-0.2, 0) is 4.79 Å². The molecule has 1 aliphatic carbocycles. The van der Waals surface area contributed by atoms with Crippen LogP contribution in [0.15, 0.2) is 0 Å². The first kappa shape index (κ1) is 12.5. The van der Waals surface area contributed by atoms with Gasteiger partial charge in [-0.2, -0.15) is 0 Å². The second kappa shape index (κ2) is 6.11. The van der Waals surface area contributed by atoms with Gasteiger partial charge in [0, 0.05) is 6.04 Å². The number of hydrogen-bond acceptors (Lipinski definition) is 2. The lowest BCUT2D eigenvalue weighted by Crippen LogP contribution is -2.25. The lowest BCUT2D eigenvalue weighted by Gasteiger charge is -2.20. The third kappa shape index (κ3) is 4.65. The molecule has 1 aliphatic rings. The van der Waals surface area contributed by atoms with Gasteiger partial charge >= 0.3 is 5.97 Å². The Bertz CT molecular complexity index is 200. The van der Waals surface area contributed by atoms with Crippen molar-refractivity contribution in [3.8, 4) is 0 Å². The normalized spacial score (nSPS) is 21.5. The van der Waals surface area contributed by atoms with Crippen molar-refractivity contribution in [2.45, 2.75) is 57.9 Å². The van der Waals surface area contributed by atoms with Crippen molar-refractivity contribution >= 4 is 5.97 Å². The number of hydrogen-bond donors (Lipinski definition) is 2. The molecule has 0 spiro atoms. The van der Waals surface area contributed by atoms with Crippen LogP contribution in [-0.4, -0.2) is 17.1 Å². The molecule has 0 aromatic heterocycles. The van der Waals surface area contributed by atoms with E-state index < -0.39 is 5.97 Å². The van der Waals surface area contributed by atoms with Crippen LogP contribution in [0.3, 0.4) is 0 Å². The van der Waals surface area contributed by atoms with E-state index in [2.05, 4.69) is 6.92 Å². The number of aliphatic carboxylic acids is 1. The molecule has 1 saturated carbocycles. The zero-order valence-electron chi connectivity index (χ0n) is 9.61. The van der Waals surface area contributed by atoms with E-state index in [9.17, 15) is 4.79 Å². The van der Waals surface area contributed by atoms with Crippen LogP contribution in [0, 0.1) is 11.8 Å². The van der Waals surface area contributed by atoms with E-state index in [1.165, 1.54) is 25.7 Å². The molecule has 0 radical (unpaired) electrons. The van der Waals surface area contributed by atoms with E-state index in [1.54, 1.807) is 0 Å². The fourth-order valence-electron chi connectivity index (χ4n) is 2.57. The van der Waals surface area contributed by atoms with Gasteiger partial charge in [-0.15, -0.1) is 0 Å². The van der Waals surface area contributed by atoms with Crippen molar-refractivity contribution in [3.05, 3.63) is 0 Å². The Kier molecular flexibility index (Phi) is 5.09. The molecule has 1 rings (SSSR count). The highest BCUT2D eigenvalue weighted by atomic mass is 16.4. The van der Waals surface area contributed by atoms with Crippen LogP contribution in [0.4, 0.5) is 0 Å². The minimum atomic E-state index is -0.781. The van der Waals surface area contributed by atoms with Crippen molar-refractivity contribution in [1.82, 2.24) is 0 Å². The van der Waals surface area contributed by atoms with Gasteiger partial charge in [0.15, 0.2) is 0 Å². The SMILES string of the molecule is C[C@H](CC[C@H](N)CC(=O)O)C1CCCC1. The Balaban J connectivity index is 2.15. The summed E-state index contributed by atoms with van der Waals surface area (Å²) in [4.78, 5) is 10.4. The van der Waals surface area contributed by atoms with Gasteiger partial charge in [-0.3, -0.25) is 4.79 Å². The first-order valence-electron chi connectivity index (χ1n) is 6.07. The van der Waals surface area contributed by atoms with Crippen molar-refractivity contribution in [3.63, 3.8) is 0 Å². The smallest absolute Gasteiger partial charge is 0.304 e. The number of rotatable bonds is 6. The number of carbonyl (C=O) groups is 1. The second-order valence-electron chi connectivity index (χ2n) is 4.96. The van der Waals surface area contributed by atoms with Gasteiger partial charge < -0.3 is 10.8 Å². The van der Waals surface area contributed by atoms with Gasteiger partial charge in [-0.05, 0) is 24.7 Å². The number of carboxylic acid groups (broad SMARTS) is 1. The Labute approximate surface area is 92.0 Å². The predicted octanol–water partition coefficient (Wildman–Crippen LogP) is 2.39. The van der Waals surface area contributed by atoms with Gasteiger partial charge in [0.25, 0.3) is 0 Å². The van der Waals surface area contributed by atoms with Gasteiger partial charge in [0.2, 0.25) is 0 Å². The van der Waals surface area contributed by atoms with Crippen LogP contribution in [0.25, 0.3) is 0 Å². The molecule has 88 valence electrons. The van der Waals surface area contributed by atoms with Gasteiger partial charge in [0.05, 0.1) is 6.42 Å². The fourth-order valence-corrected chi connectivity index (χ4v) is 2.57. The fraction of sp³-hybridized carbons (Fsp3) is 0.917. The molecule has 0 saturated heterocycles. The lowest BCUT2D eigenvalue weighted by atomic mass is 9.87. The molecular formula is C12H23NO2. The highest BCUT2D eigenvalue weighted by Crippen LogP contribution is 2.33. The summed E-state index contributed by atoms with van der Waals surface area (Å²) in [5.41, 5.74) is 5.74. The molecule has 0 heterocycles. The zero-order valence-corrected chi connectivity index (χ0v) is 9.61. The molecule has 0 amide bonds. The Morgan fingerprint density at radius 3 is 2.53 bits per heavy atom. The molecule has 0 aliphatic heterocycles. The summed E-state index contributed by atoms with van der Waals surface area (Å²) in [7, 11) is 0. The molecule has 0 unspecified atom stereocenters. The first-order chi connectivity index (χ1) is 7.09. The minimum absolute atomic E-state index is 0.109. The summed E-state index contributed by atoms with van der Waals surface area (Å²) in [6, 6.07) is -0.161. The van der Waals surface area contributed by atoms with E-state index >= 15 is 0 Å². The average molecular weight is 213 g/mol. The molecular weight excluding hydrogens is 190 g/mol. The van der Waals surface area contributed by atoms with Crippen molar-refractivity contribution in [2.24, 2.45) is 17.6 Å². The Hall–Kier alpha value is -0.570. The molecule has 2 atom stereocenters. The molecule has 15 heavy (non-hydrogen) atoms. The van der Waals surface area contributed by atoms with Crippen LogP contribution < -0.4 is 5.73 Å². The monoisotopic (exact) mass is 213 g/mol. The molecule has 3 N–H and O–H groups in total. The summed E-state index contributed by atoms with van der Waals surface area (Å²) in [6.45, 7) is 2.28. The molecule has 3 heteroatoms. The van der Waals surface area contributed by atoms with E-state index in [0.29, 0.717) is 5.92 Å². The maximum absolute atomic E-state index is 10.4. The van der Waals surface area contributed by atoms with Gasteiger partial charge in [-0.25, -0.2) is 0 Å². The molecule has 0 aromatic carbocycles. The maximum Gasteiger partial charge on any atom is 0.304 e. The van der Waals surface area contributed by atoms with Crippen LogP contribution >= 0.6 is 0 Å². The summed E-state index contributed by atoms with van der Waals surface area (Å²) in [5.74, 6) is 0.797. The topological polar surface area (TPSA) is 63.3 Å². The third-order valence-corrected chi connectivity index (χ3v) is 3.63. The van der Waals surface area contributed by atoms with E-state index in [1.807, 2.05) is 0 Å². The molecule has 3 nitrogen and oxygen atoms in total. The van der Waals surface area contributed by atoms with Crippen LogP contribution in [0.2, 0.25) is 0 Å². The van der Waals surface area contributed by atoms with Crippen LogP contribution in [0.1, 0.15) is 51.9 Å². The lowest BCUT2D eigenvalue weighted by molar-refractivity contribution is -0.137. The summed E-state index contributed by atoms with van der Waals surface area (Å²) in [6.07, 6.45) is 7.50. The summed E-state index contributed by atoms with van der Waals surface area (Å²) in [5, 5.41) is 8.58. The molecule has 1 fully saturated rings. The second-order valence-corrected chi connectivity index (χ2v) is 4.96. The van der Waals surface area contributed by atoms with Crippen LogP contribution in [0.5, 0.6) is 0 Å². The summed E-state index contributed by atoms with van der Waals surface area (Å²) < 4.78 is 0. The zero-order chi connectivity index (χ0) is 11.3. The largest absolute Gasteiger partial charge is 0.481 e. The molecule has 0 aromatic rings. The maximum atomic E-state index is 10.4. The minimum Gasteiger partial charge on any atom is -0.481 e. The standard InChI is InChI=1S/C12H23NO2/c1-9(10-4-2-3-5-10)6-7-11(13)8-12(14)15/h9-11H,2-8,13H2,1H3,(H,14,15)/t9-,11+/m1/s1.